The highest BCUT2D eigenvalue weighted by Crippen LogP contribution is 2.30. The standard InChI is InChI=1S/C21H19N3OS/c1-3-14-8-10-15(11-9-14)22-21(25)19-13-12-18(26-19)20-23-16-6-4-5-7-17(16)24(20)2/h4-13H,3H2,1-2H3,(H,22,25). The number of hydrogen-bond acceptors (Lipinski definition) is 3. The molecule has 0 radical (unpaired) electrons. The molecule has 0 aliphatic rings. The van der Waals surface area contributed by atoms with Crippen molar-refractivity contribution in [2.75, 3.05) is 5.32 Å². The lowest BCUT2D eigenvalue weighted by Crippen LogP contribution is -2.09. The number of aromatic nitrogens is 2. The second kappa shape index (κ2) is 6.77. The maximum atomic E-state index is 12.5. The molecule has 2 aromatic heterocycles. The summed E-state index contributed by atoms with van der Waals surface area (Å²) in [6.45, 7) is 2.11. The molecule has 4 rings (SSSR count). The number of fused-ring (bicyclic) bond motifs is 1. The summed E-state index contributed by atoms with van der Waals surface area (Å²) in [4.78, 5) is 18.9. The average molecular weight is 361 g/mol. The first-order chi connectivity index (χ1) is 12.7. The molecule has 4 nitrogen and oxygen atoms in total. The maximum Gasteiger partial charge on any atom is 0.265 e. The van der Waals surface area contributed by atoms with Crippen molar-refractivity contribution in [1.29, 1.82) is 0 Å². The van der Waals surface area contributed by atoms with Crippen LogP contribution in [0.2, 0.25) is 0 Å². The minimum atomic E-state index is -0.0933. The molecule has 0 saturated carbocycles. The van der Waals surface area contributed by atoms with Crippen molar-refractivity contribution in [2.24, 2.45) is 7.05 Å². The zero-order valence-electron chi connectivity index (χ0n) is 14.7. The Bertz CT molecular complexity index is 1080. The summed E-state index contributed by atoms with van der Waals surface area (Å²) in [6.07, 6.45) is 0.987. The van der Waals surface area contributed by atoms with E-state index in [0.717, 1.165) is 33.8 Å². The topological polar surface area (TPSA) is 46.9 Å². The Morgan fingerprint density at radius 3 is 2.58 bits per heavy atom. The normalized spacial score (nSPS) is 11.0. The van der Waals surface area contributed by atoms with Crippen LogP contribution in [-0.2, 0) is 13.5 Å². The van der Waals surface area contributed by atoms with Crippen LogP contribution in [0.1, 0.15) is 22.2 Å². The van der Waals surface area contributed by atoms with Crippen LogP contribution in [0, 0.1) is 0 Å². The first-order valence-electron chi connectivity index (χ1n) is 8.57. The van der Waals surface area contributed by atoms with Gasteiger partial charge in [0.15, 0.2) is 5.82 Å². The van der Waals surface area contributed by atoms with Gasteiger partial charge in [-0.15, -0.1) is 11.3 Å². The van der Waals surface area contributed by atoms with Crippen LogP contribution in [0.3, 0.4) is 0 Å². The third-order valence-electron chi connectivity index (χ3n) is 4.46. The van der Waals surface area contributed by atoms with Gasteiger partial charge < -0.3 is 9.88 Å². The Morgan fingerprint density at radius 1 is 1.08 bits per heavy atom. The second-order valence-corrected chi connectivity index (χ2v) is 7.24. The van der Waals surface area contributed by atoms with Gasteiger partial charge in [-0.2, -0.15) is 0 Å². The minimum absolute atomic E-state index is 0.0933. The van der Waals surface area contributed by atoms with Gasteiger partial charge in [-0.25, -0.2) is 4.98 Å². The van der Waals surface area contributed by atoms with E-state index in [9.17, 15) is 4.79 Å². The van der Waals surface area contributed by atoms with Gasteiger partial charge in [0, 0.05) is 12.7 Å². The number of benzene rings is 2. The molecule has 0 aliphatic carbocycles. The number of hydrogen-bond donors (Lipinski definition) is 1. The molecule has 2 heterocycles. The number of thiophene rings is 1. The van der Waals surface area contributed by atoms with E-state index in [1.807, 2.05) is 67.7 Å². The van der Waals surface area contributed by atoms with Crippen molar-refractivity contribution < 1.29 is 4.79 Å². The average Bonchev–Trinajstić information content (AvgIpc) is 3.28. The summed E-state index contributed by atoms with van der Waals surface area (Å²) in [7, 11) is 2.00. The van der Waals surface area contributed by atoms with E-state index in [2.05, 4.69) is 16.8 Å². The molecule has 0 fully saturated rings. The number of anilines is 1. The Kier molecular flexibility index (Phi) is 4.31. The number of para-hydroxylation sites is 2. The maximum absolute atomic E-state index is 12.5. The van der Waals surface area contributed by atoms with Crippen molar-refractivity contribution in [1.82, 2.24) is 9.55 Å². The van der Waals surface area contributed by atoms with E-state index in [0.29, 0.717) is 4.88 Å². The summed E-state index contributed by atoms with van der Waals surface area (Å²) < 4.78 is 2.06. The SMILES string of the molecule is CCc1ccc(NC(=O)c2ccc(-c3nc4ccccc4n3C)s2)cc1. The van der Waals surface area contributed by atoms with Crippen LogP contribution in [0.25, 0.3) is 21.7 Å². The molecule has 26 heavy (non-hydrogen) atoms. The van der Waals surface area contributed by atoms with Crippen LogP contribution < -0.4 is 5.32 Å². The Hall–Kier alpha value is -2.92. The number of carbonyl (C=O) groups excluding carboxylic acids is 1. The summed E-state index contributed by atoms with van der Waals surface area (Å²) in [6, 6.07) is 19.8. The third kappa shape index (κ3) is 3.02. The van der Waals surface area contributed by atoms with Gasteiger partial charge in [-0.05, 0) is 48.4 Å². The summed E-state index contributed by atoms with van der Waals surface area (Å²) in [5.74, 6) is 0.784. The van der Waals surface area contributed by atoms with E-state index in [4.69, 9.17) is 4.98 Å². The van der Waals surface area contributed by atoms with Crippen LogP contribution in [0.4, 0.5) is 5.69 Å². The molecule has 0 saturated heterocycles. The smallest absolute Gasteiger partial charge is 0.265 e. The summed E-state index contributed by atoms with van der Waals surface area (Å²) >= 11 is 1.46. The van der Waals surface area contributed by atoms with Crippen molar-refractivity contribution in [2.45, 2.75) is 13.3 Å². The number of nitrogens with one attached hydrogen (secondary N) is 1. The van der Waals surface area contributed by atoms with Crippen molar-refractivity contribution in [3.05, 3.63) is 71.1 Å². The molecule has 0 aliphatic heterocycles. The fourth-order valence-electron chi connectivity index (χ4n) is 2.96. The van der Waals surface area contributed by atoms with E-state index >= 15 is 0 Å². The minimum Gasteiger partial charge on any atom is -0.326 e. The Labute approximate surface area is 156 Å². The Balaban J connectivity index is 1.58. The molecule has 0 atom stereocenters. The van der Waals surface area contributed by atoms with Gasteiger partial charge in [0.2, 0.25) is 0 Å². The highest BCUT2D eigenvalue weighted by Gasteiger charge is 2.15. The number of rotatable bonds is 4. The quantitative estimate of drug-likeness (QED) is 0.548. The fourth-order valence-corrected chi connectivity index (χ4v) is 3.89. The molecule has 0 bridgehead atoms. The molecule has 130 valence electrons. The summed E-state index contributed by atoms with van der Waals surface area (Å²) in [5, 5.41) is 2.96. The van der Waals surface area contributed by atoms with E-state index in [1.165, 1.54) is 16.9 Å². The molecular formula is C21H19N3OS. The fraction of sp³-hybridized carbons (Fsp3) is 0.143. The Morgan fingerprint density at radius 2 is 1.85 bits per heavy atom. The lowest BCUT2D eigenvalue weighted by molar-refractivity contribution is 0.103. The molecule has 4 aromatic rings. The van der Waals surface area contributed by atoms with Crippen LogP contribution in [0.15, 0.2) is 60.7 Å². The number of aryl methyl sites for hydroxylation is 2. The molecule has 1 amide bonds. The lowest BCUT2D eigenvalue weighted by Gasteiger charge is -2.04. The summed E-state index contributed by atoms with van der Waals surface area (Å²) in [5.41, 5.74) is 4.10. The predicted molar refractivity (Wildman–Crippen MR) is 108 cm³/mol. The van der Waals surface area contributed by atoms with Gasteiger partial charge in [-0.3, -0.25) is 4.79 Å². The first kappa shape index (κ1) is 16.5. The van der Waals surface area contributed by atoms with E-state index in [-0.39, 0.29) is 5.91 Å². The third-order valence-corrected chi connectivity index (χ3v) is 5.54. The van der Waals surface area contributed by atoms with Gasteiger partial charge in [0.1, 0.15) is 0 Å². The molecular weight excluding hydrogens is 342 g/mol. The largest absolute Gasteiger partial charge is 0.326 e. The van der Waals surface area contributed by atoms with Crippen LogP contribution in [-0.4, -0.2) is 15.5 Å². The van der Waals surface area contributed by atoms with E-state index in [1.54, 1.807) is 0 Å². The van der Waals surface area contributed by atoms with Crippen molar-refractivity contribution in [3.63, 3.8) is 0 Å². The molecule has 1 N–H and O–H groups in total. The first-order valence-corrected chi connectivity index (χ1v) is 9.39. The van der Waals surface area contributed by atoms with Crippen molar-refractivity contribution in [3.8, 4) is 10.7 Å². The van der Waals surface area contributed by atoms with Gasteiger partial charge >= 0.3 is 0 Å². The number of imidazole rings is 1. The van der Waals surface area contributed by atoms with Crippen LogP contribution in [0.5, 0.6) is 0 Å². The monoisotopic (exact) mass is 361 g/mol. The second-order valence-electron chi connectivity index (χ2n) is 6.15. The zero-order valence-corrected chi connectivity index (χ0v) is 15.5. The number of carbonyl (C=O) groups is 1. The number of nitrogens with zero attached hydrogens (tertiary/aromatic N) is 2. The predicted octanol–water partition coefficient (Wildman–Crippen LogP) is 5.12. The highest BCUT2D eigenvalue weighted by molar-refractivity contribution is 7.17. The molecule has 5 heteroatoms. The lowest BCUT2D eigenvalue weighted by atomic mass is 10.1. The molecule has 0 spiro atoms. The number of amides is 1. The zero-order chi connectivity index (χ0) is 18.1. The van der Waals surface area contributed by atoms with Crippen LogP contribution >= 0.6 is 11.3 Å². The van der Waals surface area contributed by atoms with Gasteiger partial charge in [0.05, 0.1) is 20.8 Å². The van der Waals surface area contributed by atoms with Gasteiger partial charge in [-0.1, -0.05) is 31.2 Å². The highest BCUT2D eigenvalue weighted by atomic mass is 32.1. The van der Waals surface area contributed by atoms with E-state index < -0.39 is 0 Å². The molecule has 0 unspecified atom stereocenters. The van der Waals surface area contributed by atoms with Crippen molar-refractivity contribution >= 4 is 34.0 Å². The van der Waals surface area contributed by atoms with Gasteiger partial charge in [0.25, 0.3) is 5.91 Å². The molecule has 2 aromatic carbocycles.